The van der Waals surface area contributed by atoms with Crippen LogP contribution in [0.5, 0.6) is 5.75 Å². The van der Waals surface area contributed by atoms with Gasteiger partial charge >= 0.3 is 0 Å². The molecule has 0 aliphatic carbocycles. The number of rotatable bonds is 7. The quantitative estimate of drug-likeness (QED) is 0.722. The molecule has 0 aliphatic rings. The van der Waals surface area contributed by atoms with Crippen LogP contribution in [0.2, 0.25) is 0 Å². The van der Waals surface area contributed by atoms with Crippen molar-refractivity contribution in [2.45, 2.75) is 26.3 Å². The lowest BCUT2D eigenvalue weighted by Gasteiger charge is -2.09. The SMILES string of the molecule is CCCOCCOc1ccc(C(C)N)cc1. The standard InChI is InChI=1S/C13H21NO2/c1-3-8-15-9-10-16-13-6-4-12(5-7-13)11(2)14/h4-7,11H,3,8-10,14H2,1-2H3. The Kier molecular flexibility index (Phi) is 5.90. The van der Waals surface area contributed by atoms with E-state index in [4.69, 9.17) is 15.2 Å². The third kappa shape index (κ3) is 4.64. The predicted molar refractivity (Wildman–Crippen MR) is 65.6 cm³/mol. The predicted octanol–water partition coefficient (Wildman–Crippen LogP) is 2.51. The lowest BCUT2D eigenvalue weighted by atomic mass is 10.1. The van der Waals surface area contributed by atoms with Crippen LogP contribution in [0.15, 0.2) is 24.3 Å². The van der Waals surface area contributed by atoms with Gasteiger partial charge in [-0.3, -0.25) is 0 Å². The lowest BCUT2D eigenvalue weighted by Crippen LogP contribution is -2.08. The van der Waals surface area contributed by atoms with Gasteiger partial charge in [-0.05, 0) is 31.0 Å². The van der Waals surface area contributed by atoms with Gasteiger partial charge in [0.05, 0.1) is 6.61 Å². The molecule has 1 unspecified atom stereocenters. The molecule has 0 amide bonds. The fourth-order valence-corrected chi connectivity index (χ4v) is 1.33. The van der Waals surface area contributed by atoms with Gasteiger partial charge in [-0.25, -0.2) is 0 Å². The Morgan fingerprint density at radius 3 is 2.38 bits per heavy atom. The molecular formula is C13H21NO2. The highest BCUT2D eigenvalue weighted by Crippen LogP contribution is 2.15. The van der Waals surface area contributed by atoms with Gasteiger partial charge in [0.1, 0.15) is 12.4 Å². The zero-order chi connectivity index (χ0) is 11.8. The summed E-state index contributed by atoms with van der Waals surface area (Å²) in [7, 11) is 0. The summed E-state index contributed by atoms with van der Waals surface area (Å²) in [5.74, 6) is 0.865. The molecule has 16 heavy (non-hydrogen) atoms. The van der Waals surface area contributed by atoms with Crippen molar-refractivity contribution in [3.05, 3.63) is 29.8 Å². The van der Waals surface area contributed by atoms with E-state index in [-0.39, 0.29) is 6.04 Å². The Labute approximate surface area is 97.6 Å². The zero-order valence-corrected chi connectivity index (χ0v) is 10.1. The van der Waals surface area contributed by atoms with Crippen LogP contribution >= 0.6 is 0 Å². The summed E-state index contributed by atoms with van der Waals surface area (Å²) in [6.45, 7) is 6.09. The van der Waals surface area contributed by atoms with E-state index in [0.29, 0.717) is 13.2 Å². The van der Waals surface area contributed by atoms with Crippen molar-refractivity contribution in [2.24, 2.45) is 5.73 Å². The van der Waals surface area contributed by atoms with E-state index in [1.54, 1.807) is 0 Å². The highest BCUT2D eigenvalue weighted by Gasteiger charge is 1.99. The maximum Gasteiger partial charge on any atom is 0.119 e. The van der Waals surface area contributed by atoms with Crippen LogP contribution in [0.3, 0.4) is 0 Å². The van der Waals surface area contributed by atoms with Crippen molar-refractivity contribution in [1.82, 2.24) is 0 Å². The maximum absolute atomic E-state index is 5.76. The average molecular weight is 223 g/mol. The molecule has 1 aromatic rings. The third-order valence-corrected chi connectivity index (χ3v) is 2.25. The van der Waals surface area contributed by atoms with Crippen molar-refractivity contribution < 1.29 is 9.47 Å². The fraction of sp³-hybridized carbons (Fsp3) is 0.538. The van der Waals surface area contributed by atoms with Gasteiger partial charge in [0.2, 0.25) is 0 Å². The largest absolute Gasteiger partial charge is 0.491 e. The number of ether oxygens (including phenoxy) is 2. The number of hydrogen-bond donors (Lipinski definition) is 1. The summed E-state index contributed by atoms with van der Waals surface area (Å²) in [5, 5.41) is 0. The molecule has 0 fully saturated rings. The van der Waals surface area contributed by atoms with Gasteiger partial charge < -0.3 is 15.2 Å². The molecule has 3 heteroatoms. The molecular weight excluding hydrogens is 202 g/mol. The number of benzene rings is 1. The fourth-order valence-electron chi connectivity index (χ4n) is 1.33. The summed E-state index contributed by atoms with van der Waals surface area (Å²) >= 11 is 0. The van der Waals surface area contributed by atoms with Gasteiger partial charge in [0.15, 0.2) is 0 Å². The maximum atomic E-state index is 5.76. The number of hydrogen-bond acceptors (Lipinski definition) is 3. The Morgan fingerprint density at radius 1 is 1.12 bits per heavy atom. The first-order valence-corrected chi connectivity index (χ1v) is 5.80. The zero-order valence-electron chi connectivity index (χ0n) is 10.1. The summed E-state index contributed by atoms with van der Waals surface area (Å²) < 4.78 is 10.8. The van der Waals surface area contributed by atoms with Crippen molar-refractivity contribution in [3.8, 4) is 5.75 Å². The van der Waals surface area contributed by atoms with Gasteiger partial charge in [-0.15, -0.1) is 0 Å². The van der Waals surface area contributed by atoms with Gasteiger partial charge in [0, 0.05) is 12.6 Å². The lowest BCUT2D eigenvalue weighted by molar-refractivity contribution is 0.101. The molecule has 0 heterocycles. The van der Waals surface area contributed by atoms with Gasteiger partial charge in [-0.2, -0.15) is 0 Å². The molecule has 0 bridgehead atoms. The highest BCUT2D eigenvalue weighted by molar-refractivity contribution is 5.28. The molecule has 0 radical (unpaired) electrons. The summed E-state index contributed by atoms with van der Waals surface area (Å²) in [5.41, 5.74) is 6.88. The van der Waals surface area contributed by atoms with E-state index < -0.39 is 0 Å². The monoisotopic (exact) mass is 223 g/mol. The van der Waals surface area contributed by atoms with Crippen molar-refractivity contribution in [3.63, 3.8) is 0 Å². The van der Waals surface area contributed by atoms with E-state index in [1.807, 2.05) is 31.2 Å². The first kappa shape index (κ1) is 13.0. The Bertz CT molecular complexity index is 282. The summed E-state index contributed by atoms with van der Waals surface area (Å²) in [6, 6.07) is 7.94. The van der Waals surface area contributed by atoms with Crippen LogP contribution in [-0.2, 0) is 4.74 Å². The van der Waals surface area contributed by atoms with E-state index in [1.165, 1.54) is 0 Å². The molecule has 0 saturated heterocycles. The molecule has 3 nitrogen and oxygen atoms in total. The highest BCUT2D eigenvalue weighted by atomic mass is 16.5. The second-order valence-electron chi connectivity index (χ2n) is 3.82. The Morgan fingerprint density at radius 2 is 1.81 bits per heavy atom. The molecule has 1 atom stereocenters. The number of nitrogens with two attached hydrogens (primary N) is 1. The minimum Gasteiger partial charge on any atom is -0.491 e. The molecule has 0 saturated carbocycles. The normalized spacial score (nSPS) is 12.4. The molecule has 1 rings (SSSR count). The molecule has 0 spiro atoms. The average Bonchev–Trinajstić information content (AvgIpc) is 2.29. The van der Waals surface area contributed by atoms with E-state index in [0.717, 1.165) is 24.3 Å². The van der Waals surface area contributed by atoms with Gasteiger partial charge in [0.25, 0.3) is 0 Å². The first-order valence-electron chi connectivity index (χ1n) is 5.80. The van der Waals surface area contributed by atoms with Crippen LogP contribution in [-0.4, -0.2) is 19.8 Å². The van der Waals surface area contributed by atoms with E-state index >= 15 is 0 Å². The van der Waals surface area contributed by atoms with Crippen molar-refractivity contribution in [1.29, 1.82) is 0 Å². The van der Waals surface area contributed by atoms with Crippen LogP contribution in [0, 0.1) is 0 Å². The molecule has 1 aromatic carbocycles. The van der Waals surface area contributed by atoms with E-state index in [2.05, 4.69) is 6.92 Å². The topological polar surface area (TPSA) is 44.5 Å². The van der Waals surface area contributed by atoms with Crippen LogP contribution < -0.4 is 10.5 Å². The summed E-state index contributed by atoms with van der Waals surface area (Å²) in [6.07, 6.45) is 1.04. The van der Waals surface area contributed by atoms with Crippen molar-refractivity contribution >= 4 is 0 Å². The van der Waals surface area contributed by atoms with E-state index in [9.17, 15) is 0 Å². The minimum atomic E-state index is 0.0712. The smallest absolute Gasteiger partial charge is 0.119 e. The molecule has 2 N–H and O–H groups in total. The Balaban J connectivity index is 2.27. The van der Waals surface area contributed by atoms with Crippen LogP contribution in [0.4, 0.5) is 0 Å². The second-order valence-corrected chi connectivity index (χ2v) is 3.82. The minimum absolute atomic E-state index is 0.0712. The molecule has 0 aliphatic heterocycles. The van der Waals surface area contributed by atoms with Crippen LogP contribution in [0.1, 0.15) is 31.9 Å². The Hall–Kier alpha value is -1.06. The second kappa shape index (κ2) is 7.25. The van der Waals surface area contributed by atoms with Crippen molar-refractivity contribution in [2.75, 3.05) is 19.8 Å². The summed E-state index contributed by atoms with van der Waals surface area (Å²) in [4.78, 5) is 0. The first-order chi connectivity index (χ1) is 7.74. The van der Waals surface area contributed by atoms with Crippen LogP contribution in [0.25, 0.3) is 0 Å². The molecule has 90 valence electrons. The van der Waals surface area contributed by atoms with Gasteiger partial charge in [-0.1, -0.05) is 19.1 Å². The third-order valence-electron chi connectivity index (χ3n) is 2.25. The molecule has 0 aromatic heterocycles.